The van der Waals surface area contributed by atoms with Gasteiger partial charge in [0.05, 0.1) is 0 Å². The number of hydrogen-bond acceptors (Lipinski definition) is 4. The molecule has 0 bridgehead atoms. The van der Waals surface area contributed by atoms with Crippen LogP contribution >= 0.6 is 0 Å². The smallest absolute Gasteiger partial charge is 0.224 e. The zero-order valence-electron chi connectivity index (χ0n) is 11.8. The van der Waals surface area contributed by atoms with Crippen LogP contribution in [-0.2, 0) is 0 Å². The monoisotopic (exact) mass is 236 g/mol. The van der Waals surface area contributed by atoms with E-state index in [1.54, 1.807) is 0 Å². The van der Waals surface area contributed by atoms with Crippen LogP contribution in [0.5, 0.6) is 0 Å². The van der Waals surface area contributed by atoms with Gasteiger partial charge in [-0.3, -0.25) is 0 Å². The number of anilines is 2. The van der Waals surface area contributed by atoms with Crippen LogP contribution in [0.4, 0.5) is 11.8 Å². The van der Waals surface area contributed by atoms with Crippen molar-refractivity contribution < 1.29 is 0 Å². The van der Waals surface area contributed by atoms with Crippen LogP contribution in [0.15, 0.2) is 6.20 Å². The van der Waals surface area contributed by atoms with Crippen molar-refractivity contribution in [1.29, 1.82) is 0 Å². The van der Waals surface area contributed by atoms with Gasteiger partial charge in [0.1, 0.15) is 5.82 Å². The van der Waals surface area contributed by atoms with Gasteiger partial charge in [-0.1, -0.05) is 20.8 Å². The topological polar surface area (TPSA) is 49.8 Å². The second kappa shape index (κ2) is 5.34. The highest BCUT2D eigenvalue weighted by atomic mass is 15.1. The fourth-order valence-electron chi connectivity index (χ4n) is 1.25. The molecule has 0 radical (unpaired) electrons. The van der Waals surface area contributed by atoms with E-state index in [0.29, 0.717) is 12.0 Å². The lowest BCUT2D eigenvalue weighted by Crippen LogP contribution is -2.31. The predicted molar refractivity (Wildman–Crippen MR) is 73.5 cm³/mol. The first-order valence-corrected chi connectivity index (χ1v) is 6.18. The van der Waals surface area contributed by atoms with E-state index in [0.717, 1.165) is 17.9 Å². The lowest BCUT2D eigenvalue weighted by Gasteiger charge is -2.29. The van der Waals surface area contributed by atoms with Gasteiger partial charge in [-0.25, -0.2) is 4.98 Å². The summed E-state index contributed by atoms with van der Waals surface area (Å²) in [5.74, 6) is 1.60. The number of aromatic nitrogens is 2. The van der Waals surface area contributed by atoms with E-state index in [4.69, 9.17) is 0 Å². The van der Waals surface area contributed by atoms with Crippen LogP contribution in [0.2, 0.25) is 0 Å². The molecule has 0 amide bonds. The number of rotatable bonds is 4. The minimum atomic E-state index is 0.204. The Hall–Kier alpha value is -1.32. The molecule has 96 valence electrons. The van der Waals surface area contributed by atoms with Gasteiger partial charge in [-0.15, -0.1) is 0 Å². The van der Waals surface area contributed by atoms with Crippen molar-refractivity contribution in [3.63, 3.8) is 0 Å². The molecule has 4 heteroatoms. The highest BCUT2D eigenvalue weighted by Crippen LogP contribution is 2.23. The summed E-state index contributed by atoms with van der Waals surface area (Å²) in [7, 11) is 0. The van der Waals surface area contributed by atoms with Gasteiger partial charge in [0.25, 0.3) is 0 Å². The lowest BCUT2D eigenvalue weighted by atomic mass is 9.88. The minimum Gasteiger partial charge on any atom is -0.367 e. The van der Waals surface area contributed by atoms with Crippen LogP contribution in [0.3, 0.4) is 0 Å². The van der Waals surface area contributed by atoms with E-state index in [2.05, 4.69) is 48.3 Å². The quantitative estimate of drug-likeness (QED) is 0.843. The maximum absolute atomic E-state index is 4.48. The Morgan fingerprint density at radius 2 is 2.00 bits per heavy atom. The van der Waals surface area contributed by atoms with Gasteiger partial charge in [-0.05, 0) is 26.2 Å². The maximum Gasteiger partial charge on any atom is 0.224 e. The van der Waals surface area contributed by atoms with Gasteiger partial charge in [0, 0.05) is 24.3 Å². The van der Waals surface area contributed by atoms with Crippen molar-refractivity contribution in [3.8, 4) is 0 Å². The highest BCUT2D eigenvalue weighted by molar-refractivity contribution is 5.47. The van der Waals surface area contributed by atoms with Crippen molar-refractivity contribution in [3.05, 3.63) is 11.8 Å². The van der Waals surface area contributed by atoms with Gasteiger partial charge in [0.2, 0.25) is 5.95 Å². The third kappa shape index (κ3) is 3.88. The third-order valence-corrected chi connectivity index (χ3v) is 2.96. The average Bonchev–Trinajstić information content (AvgIpc) is 2.22. The van der Waals surface area contributed by atoms with E-state index in [-0.39, 0.29) is 5.41 Å². The van der Waals surface area contributed by atoms with E-state index >= 15 is 0 Å². The molecule has 2 N–H and O–H groups in total. The van der Waals surface area contributed by atoms with Gasteiger partial charge < -0.3 is 10.6 Å². The molecule has 1 rings (SSSR count). The summed E-state index contributed by atoms with van der Waals surface area (Å²) in [5, 5.41) is 6.58. The molecule has 1 atom stereocenters. The van der Waals surface area contributed by atoms with E-state index in [1.807, 2.05) is 20.0 Å². The lowest BCUT2D eigenvalue weighted by molar-refractivity contribution is 0.358. The van der Waals surface area contributed by atoms with Gasteiger partial charge >= 0.3 is 0 Å². The zero-order valence-corrected chi connectivity index (χ0v) is 11.8. The standard InChI is InChI=1S/C13H24N4/c1-7-14-12-15-8-9(2)11(17-12)16-10(3)13(4,5)6/h8,10H,7H2,1-6H3,(H2,14,15,16,17). The Balaban J connectivity index is 2.86. The molecule has 4 nitrogen and oxygen atoms in total. The predicted octanol–water partition coefficient (Wildman–Crippen LogP) is 3.06. The van der Waals surface area contributed by atoms with Crippen LogP contribution in [-0.4, -0.2) is 22.6 Å². The molecule has 1 aromatic rings. The molecule has 0 aliphatic carbocycles. The summed E-state index contributed by atoms with van der Waals surface area (Å²) in [4.78, 5) is 8.72. The Morgan fingerprint density at radius 1 is 1.35 bits per heavy atom. The summed E-state index contributed by atoms with van der Waals surface area (Å²) < 4.78 is 0. The summed E-state index contributed by atoms with van der Waals surface area (Å²) in [5.41, 5.74) is 1.28. The highest BCUT2D eigenvalue weighted by Gasteiger charge is 2.20. The van der Waals surface area contributed by atoms with E-state index in [1.165, 1.54) is 0 Å². The molecule has 0 aliphatic heterocycles. The van der Waals surface area contributed by atoms with Crippen molar-refractivity contribution >= 4 is 11.8 Å². The average molecular weight is 236 g/mol. The number of nitrogens with one attached hydrogen (secondary N) is 2. The minimum absolute atomic E-state index is 0.204. The van der Waals surface area contributed by atoms with Gasteiger partial charge in [0.15, 0.2) is 0 Å². The molecule has 1 aromatic heterocycles. The number of nitrogens with zero attached hydrogens (tertiary/aromatic N) is 2. The Labute approximate surface area is 104 Å². The summed E-state index contributed by atoms with van der Waals surface area (Å²) >= 11 is 0. The SMILES string of the molecule is CCNc1ncc(C)c(NC(C)C(C)(C)C)n1. The summed E-state index contributed by atoms with van der Waals surface area (Å²) in [6, 6.07) is 0.352. The Bertz CT molecular complexity index is 368. The molecule has 0 spiro atoms. The molecular formula is C13H24N4. The molecule has 0 saturated carbocycles. The molecular weight excluding hydrogens is 212 g/mol. The van der Waals surface area contributed by atoms with Crippen molar-refractivity contribution in [2.24, 2.45) is 5.41 Å². The second-order valence-corrected chi connectivity index (χ2v) is 5.49. The Morgan fingerprint density at radius 3 is 2.53 bits per heavy atom. The fraction of sp³-hybridized carbons (Fsp3) is 0.692. The first kappa shape index (κ1) is 13.7. The molecule has 0 aliphatic rings. The molecule has 1 unspecified atom stereocenters. The van der Waals surface area contributed by atoms with Crippen molar-refractivity contribution in [2.45, 2.75) is 47.6 Å². The van der Waals surface area contributed by atoms with Crippen LogP contribution in [0, 0.1) is 12.3 Å². The van der Waals surface area contributed by atoms with Crippen LogP contribution < -0.4 is 10.6 Å². The zero-order chi connectivity index (χ0) is 13.1. The summed E-state index contributed by atoms with van der Waals surface area (Å²) in [6.07, 6.45) is 1.85. The number of aryl methyl sites for hydroxylation is 1. The summed E-state index contributed by atoms with van der Waals surface area (Å²) in [6.45, 7) is 13.7. The first-order chi connectivity index (χ1) is 7.84. The van der Waals surface area contributed by atoms with Gasteiger partial charge in [-0.2, -0.15) is 4.98 Å². The van der Waals surface area contributed by atoms with E-state index in [9.17, 15) is 0 Å². The largest absolute Gasteiger partial charge is 0.367 e. The molecule has 1 heterocycles. The van der Waals surface area contributed by atoms with Crippen molar-refractivity contribution in [2.75, 3.05) is 17.2 Å². The molecule has 0 saturated heterocycles. The second-order valence-electron chi connectivity index (χ2n) is 5.49. The third-order valence-electron chi connectivity index (χ3n) is 2.96. The molecule has 0 fully saturated rings. The van der Waals surface area contributed by atoms with Crippen LogP contribution in [0.25, 0.3) is 0 Å². The fourth-order valence-corrected chi connectivity index (χ4v) is 1.25. The van der Waals surface area contributed by atoms with Crippen LogP contribution in [0.1, 0.15) is 40.2 Å². The van der Waals surface area contributed by atoms with Crippen molar-refractivity contribution in [1.82, 2.24) is 9.97 Å². The maximum atomic E-state index is 4.48. The normalized spacial score (nSPS) is 13.3. The van der Waals surface area contributed by atoms with E-state index < -0.39 is 0 Å². The number of hydrogen-bond donors (Lipinski definition) is 2. The first-order valence-electron chi connectivity index (χ1n) is 6.18. The molecule has 0 aromatic carbocycles. The molecule has 17 heavy (non-hydrogen) atoms. The Kier molecular flexibility index (Phi) is 4.32.